The van der Waals surface area contributed by atoms with Crippen molar-refractivity contribution in [2.45, 2.75) is 0 Å². The molecular formula is C15H13ClFN3O4. The molecule has 0 spiro atoms. The molecule has 0 bridgehead atoms. The minimum absolute atomic E-state index is 0.104. The molecule has 0 fully saturated rings. The maximum absolute atomic E-state index is 12.4. The monoisotopic (exact) mass is 353 g/mol. The number of hydrogen-bond acceptors (Lipinski definition) is 6. The summed E-state index contributed by atoms with van der Waals surface area (Å²) in [6.07, 6.45) is 1.23. The van der Waals surface area contributed by atoms with Crippen molar-refractivity contribution in [1.29, 1.82) is 0 Å². The lowest BCUT2D eigenvalue weighted by atomic mass is 10.2. The molecule has 2 aromatic heterocycles. The second-order valence-electron chi connectivity index (χ2n) is 4.34. The number of nitrogens with zero attached hydrogens (tertiary/aromatic N) is 2. The third-order valence-electron chi connectivity index (χ3n) is 2.66. The zero-order chi connectivity index (χ0) is 17.4. The second-order valence-corrected chi connectivity index (χ2v) is 4.72. The maximum atomic E-state index is 12.4. The number of carbonyl (C=O) groups is 1. The zero-order valence-corrected chi connectivity index (χ0v) is 13.0. The standard InChI is InChI=1S/C9H10FNO2.C6H3ClN2O2/c10-8-3-1-7(2-4-8)9(13)11-5-6-12;7-5-2-1-4(11-5)6-8-3-10-9-6/h1-4,12H,5-6H2,(H,11,13);1-3H. The molecule has 7 nitrogen and oxygen atoms in total. The number of amides is 1. The van der Waals surface area contributed by atoms with E-state index < -0.39 is 0 Å². The van der Waals surface area contributed by atoms with Crippen molar-refractivity contribution in [3.05, 3.63) is 59.4 Å². The van der Waals surface area contributed by atoms with Crippen LogP contribution < -0.4 is 5.32 Å². The van der Waals surface area contributed by atoms with Crippen LogP contribution in [0.25, 0.3) is 11.6 Å². The van der Waals surface area contributed by atoms with Gasteiger partial charge >= 0.3 is 0 Å². The van der Waals surface area contributed by atoms with Crippen LogP contribution in [0.5, 0.6) is 0 Å². The minimum atomic E-state index is -0.376. The number of aliphatic hydroxyl groups excluding tert-OH is 1. The van der Waals surface area contributed by atoms with Gasteiger partial charge in [0.15, 0.2) is 11.0 Å². The highest BCUT2D eigenvalue weighted by Crippen LogP contribution is 2.20. The fourth-order valence-corrected chi connectivity index (χ4v) is 1.73. The Balaban J connectivity index is 0.000000175. The summed E-state index contributed by atoms with van der Waals surface area (Å²) in [6, 6.07) is 8.51. The molecule has 126 valence electrons. The molecule has 2 N–H and O–H groups in total. The molecule has 0 atom stereocenters. The van der Waals surface area contributed by atoms with E-state index in [9.17, 15) is 9.18 Å². The Morgan fingerprint density at radius 1 is 1.25 bits per heavy atom. The first kappa shape index (κ1) is 17.6. The van der Waals surface area contributed by atoms with Gasteiger partial charge in [0.1, 0.15) is 5.82 Å². The quantitative estimate of drug-likeness (QED) is 0.747. The minimum Gasteiger partial charge on any atom is -0.441 e. The number of rotatable bonds is 4. The molecule has 9 heteroatoms. The van der Waals surface area contributed by atoms with Gasteiger partial charge in [0, 0.05) is 12.1 Å². The van der Waals surface area contributed by atoms with Gasteiger partial charge in [-0.3, -0.25) is 4.79 Å². The van der Waals surface area contributed by atoms with Gasteiger partial charge in [-0.05, 0) is 48.0 Å². The van der Waals surface area contributed by atoms with Crippen LogP contribution in [-0.2, 0) is 0 Å². The summed E-state index contributed by atoms with van der Waals surface area (Å²) >= 11 is 5.52. The molecule has 24 heavy (non-hydrogen) atoms. The van der Waals surface area contributed by atoms with Gasteiger partial charge in [0.2, 0.25) is 12.2 Å². The number of benzene rings is 1. The first-order valence-corrected chi connectivity index (χ1v) is 7.14. The van der Waals surface area contributed by atoms with Crippen LogP contribution in [0.15, 0.2) is 51.7 Å². The molecule has 3 aromatic rings. The predicted octanol–water partition coefficient (Wildman–Crippen LogP) is 2.53. The van der Waals surface area contributed by atoms with Crippen molar-refractivity contribution in [1.82, 2.24) is 15.5 Å². The number of hydrogen-bond donors (Lipinski definition) is 2. The summed E-state index contributed by atoms with van der Waals surface area (Å²) in [5, 5.41) is 14.8. The summed E-state index contributed by atoms with van der Waals surface area (Å²) in [5.74, 6) is 0.216. The first-order valence-electron chi connectivity index (χ1n) is 6.77. The molecule has 2 heterocycles. The van der Waals surface area contributed by atoms with Gasteiger partial charge in [-0.1, -0.05) is 5.16 Å². The summed E-state index contributed by atoms with van der Waals surface area (Å²) in [4.78, 5) is 14.9. The highest BCUT2D eigenvalue weighted by atomic mass is 35.5. The SMILES string of the molecule is Clc1ccc(-c2ncon2)o1.O=C(NCCO)c1ccc(F)cc1. The van der Waals surface area contributed by atoms with Crippen molar-refractivity contribution in [3.63, 3.8) is 0 Å². The highest BCUT2D eigenvalue weighted by Gasteiger charge is 2.06. The molecular weight excluding hydrogens is 341 g/mol. The fourth-order valence-electron chi connectivity index (χ4n) is 1.59. The molecule has 0 aliphatic heterocycles. The van der Waals surface area contributed by atoms with Crippen molar-refractivity contribution in [2.75, 3.05) is 13.2 Å². The van der Waals surface area contributed by atoms with E-state index in [2.05, 4.69) is 20.0 Å². The van der Waals surface area contributed by atoms with Crippen LogP contribution in [-0.4, -0.2) is 34.3 Å². The molecule has 0 aliphatic carbocycles. The largest absolute Gasteiger partial charge is 0.441 e. The first-order chi connectivity index (χ1) is 11.6. The maximum Gasteiger partial charge on any atom is 0.251 e. The second kappa shape index (κ2) is 8.80. The van der Waals surface area contributed by atoms with Crippen LogP contribution in [0, 0.1) is 5.82 Å². The smallest absolute Gasteiger partial charge is 0.251 e. The van der Waals surface area contributed by atoms with E-state index in [4.69, 9.17) is 21.1 Å². The fraction of sp³-hybridized carbons (Fsp3) is 0.133. The van der Waals surface area contributed by atoms with Crippen molar-refractivity contribution < 1.29 is 23.2 Å². The van der Waals surface area contributed by atoms with Crippen LogP contribution >= 0.6 is 11.6 Å². The molecule has 0 radical (unpaired) electrons. The number of carbonyl (C=O) groups excluding carboxylic acids is 1. The summed E-state index contributed by atoms with van der Waals surface area (Å²) in [5.41, 5.74) is 0.384. The van der Waals surface area contributed by atoms with Gasteiger partial charge in [-0.25, -0.2) is 4.39 Å². The molecule has 0 aliphatic rings. The average Bonchev–Trinajstić information content (AvgIpc) is 3.25. The molecule has 0 saturated carbocycles. The van der Waals surface area contributed by atoms with Crippen LogP contribution in [0.3, 0.4) is 0 Å². The Morgan fingerprint density at radius 2 is 2.00 bits per heavy atom. The predicted molar refractivity (Wildman–Crippen MR) is 82.8 cm³/mol. The van der Waals surface area contributed by atoms with E-state index in [1.165, 1.54) is 30.7 Å². The number of furan rings is 1. The Bertz CT molecular complexity index is 759. The number of halogens is 2. The zero-order valence-electron chi connectivity index (χ0n) is 12.3. The third kappa shape index (κ3) is 5.18. The van der Waals surface area contributed by atoms with Crippen LogP contribution in [0.1, 0.15) is 10.4 Å². The van der Waals surface area contributed by atoms with Gasteiger partial charge in [0.05, 0.1) is 6.61 Å². The number of aromatic nitrogens is 2. The average molecular weight is 354 g/mol. The number of aliphatic hydroxyl groups is 1. The van der Waals surface area contributed by atoms with E-state index in [0.29, 0.717) is 22.4 Å². The van der Waals surface area contributed by atoms with Crippen molar-refractivity contribution in [2.24, 2.45) is 0 Å². The van der Waals surface area contributed by atoms with Crippen LogP contribution in [0.2, 0.25) is 5.22 Å². The van der Waals surface area contributed by atoms with Crippen LogP contribution in [0.4, 0.5) is 4.39 Å². The Kier molecular flexibility index (Phi) is 6.47. The lowest BCUT2D eigenvalue weighted by Gasteiger charge is -2.01. The molecule has 0 unspecified atom stereocenters. The summed E-state index contributed by atoms with van der Waals surface area (Å²) < 4.78 is 22.0. The van der Waals surface area contributed by atoms with E-state index in [-0.39, 0.29) is 24.9 Å². The lowest BCUT2D eigenvalue weighted by molar-refractivity contribution is 0.0944. The topological polar surface area (TPSA) is 101 Å². The van der Waals surface area contributed by atoms with Crippen molar-refractivity contribution >= 4 is 17.5 Å². The Morgan fingerprint density at radius 3 is 2.54 bits per heavy atom. The third-order valence-corrected chi connectivity index (χ3v) is 2.86. The number of nitrogens with one attached hydrogen (secondary N) is 1. The van der Waals surface area contributed by atoms with Crippen molar-refractivity contribution in [3.8, 4) is 11.6 Å². The highest BCUT2D eigenvalue weighted by molar-refractivity contribution is 6.28. The Labute approximate surface area is 141 Å². The van der Waals surface area contributed by atoms with Gasteiger partial charge < -0.3 is 19.4 Å². The van der Waals surface area contributed by atoms with Gasteiger partial charge in [0.25, 0.3) is 5.91 Å². The normalized spacial score (nSPS) is 9.96. The van der Waals surface area contributed by atoms with E-state index in [1.807, 2.05) is 0 Å². The summed E-state index contributed by atoms with van der Waals surface area (Å²) in [6.45, 7) is 0.100. The van der Waals surface area contributed by atoms with E-state index in [0.717, 1.165) is 0 Å². The van der Waals surface area contributed by atoms with Gasteiger partial charge in [-0.15, -0.1) is 0 Å². The molecule has 3 rings (SSSR count). The molecule has 1 amide bonds. The lowest BCUT2D eigenvalue weighted by Crippen LogP contribution is -2.26. The van der Waals surface area contributed by atoms with Gasteiger partial charge in [-0.2, -0.15) is 4.98 Å². The van der Waals surface area contributed by atoms with E-state index in [1.54, 1.807) is 12.1 Å². The molecule has 1 aromatic carbocycles. The molecule has 0 saturated heterocycles. The van der Waals surface area contributed by atoms with E-state index >= 15 is 0 Å². The summed E-state index contributed by atoms with van der Waals surface area (Å²) in [7, 11) is 0. The Hall–Kier alpha value is -2.71.